The average Bonchev–Trinajstić information content (AvgIpc) is 3.17. The van der Waals surface area contributed by atoms with Gasteiger partial charge in [0.25, 0.3) is 10.0 Å². The second-order valence-electron chi connectivity index (χ2n) is 5.55. The Morgan fingerprint density at radius 3 is 2.67 bits per heavy atom. The molecule has 0 bridgehead atoms. The molecule has 4 rings (SSSR count). The van der Waals surface area contributed by atoms with E-state index in [1.165, 1.54) is 15.6 Å². The molecule has 0 radical (unpaired) electrons. The summed E-state index contributed by atoms with van der Waals surface area (Å²) >= 11 is 1.24. The minimum absolute atomic E-state index is 0.324. The summed E-state index contributed by atoms with van der Waals surface area (Å²) in [5.74, 6) is 0.684. The van der Waals surface area contributed by atoms with Crippen LogP contribution in [0.15, 0.2) is 58.3 Å². The van der Waals surface area contributed by atoms with Gasteiger partial charge in [-0.1, -0.05) is 36.4 Å². The second-order valence-corrected chi connectivity index (χ2v) is 8.66. The summed E-state index contributed by atoms with van der Waals surface area (Å²) < 4.78 is 27.2. The largest absolute Gasteiger partial charge is 0.252 e. The minimum atomic E-state index is -3.43. The number of hydrogen-bond acceptors (Lipinski definition) is 5. The molecule has 0 spiro atoms. The van der Waals surface area contributed by atoms with Gasteiger partial charge >= 0.3 is 0 Å². The van der Waals surface area contributed by atoms with Crippen LogP contribution in [0.25, 0.3) is 11.4 Å². The zero-order valence-corrected chi connectivity index (χ0v) is 14.4. The average molecular weight is 357 g/mol. The molecule has 24 heavy (non-hydrogen) atoms. The van der Waals surface area contributed by atoms with E-state index in [1.807, 2.05) is 30.3 Å². The van der Waals surface area contributed by atoms with Crippen molar-refractivity contribution in [2.24, 2.45) is 0 Å². The van der Waals surface area contributed by atoms with Crippen LogP contribution < -0.4 is 0 Å². The Morgan fingerprint density at radius 1 is 1.08 bits per heavy atom. The molecule has 1 aliphatic heterocycles. The van der Waals surface area contributed by atoms with Gasteiger partial charge in [0.15, 0.2) is 5.82 Å². The van der Waals surface area contributed by atoms with Crippen LogP contribution in [0.4, 0.5) is 0 Å². The molecule has 1 aliphatic rings. The van der Waals surface area contributed by atoms with Crippen LogP contribution >= 0.6 is 11.3 Å². The van der Waals surface area contributed by atoms with Crippen LogP contribution in [-0.4, -0.2) is 29.2 Å². The molecule has 1 aromatic carbocycles. The van der Waals surface area contributed by atoms with Crippen molar-refractivity contribution in [1.29, 1.82) is 0 Å². The summed E-state index contributed by atoms with van der Waals surface area (Å²) in [6.45, 7) is 0.767. The predicted molar refractivity (Wildman–Crippen MR) is 93.1 cm³/mol. The third-order valence-electron chi connectivity index (χ3n) is 4.02. The predicted octanol–water partition coefficient (Wildman–Crippen LogP) is 2.95. The number of sulfonamides is 1. The van der Waals surface area contributed by atoms with Crippen molar-refractivity contribution in [2.45, 2.75) is 17.2 Å². The Bertz CT molecular complexity index is 955. The zero-order valence-electron chi connectivity index (χ0n) is 12.8. The molecule has 0 saturated heterocycles. The summed E-state index contributed by atoms with van der Waals surface area (Å²) in [6.07, 6.45) is 2.35. The van der Waals surface area contributed by atoms with E-state index in [0.717, 1.165) is 16.8 Å². The first kappa shape index (κ1) is 15.4. The van der Waals surface area contributed by atoms with Gasteiger partial charge in [0.05, 0.1) is 5.69 Å². The second kappa shape index (κ2) is 6.08. The molecule has 0 atom stereocenters. The molecule has 3 aromatic rings. The normalized spacial score (nSPS) is 15.2. The van der Waals surface area contributed by atoms with Gasteiger partial charge < -0.3 is 0 Å². The number of thiophene rings is 1. The van der Waals surface area contributed by atoms with Gasteiger partial charge in [0.2, 0.25) is 0 Å². The van der Waals surface area contributed by atoms with Crippen LogP contribution in [0.5, 0.6) is 0 Å². The first-order chi connectivity index (χ1) is 11.6. The van der Waals surface area contributed by atoms with Gasteiger partial charge in [-0.05, 0) is 11.4 Å². The molecule has 0 saturated carbocycles. The van der Waals surface area contributed by atoms with E-state index in [1.54, 1.807) is 23.7 Å². The quantitative estimate of drug-likeness (QED) is 0.723. The van der Waals surface area contributed by atoms with Gasteiger partial charge in [0.1, 0.15) is 4.21 Å². The molecule has 7 heteroatoms. The van der Waals surface area contributed by atoms with Gasteiger partial charge in [0, 0.05) is 36.8 Å². The summed E-state index contributed by atoms with van der Waals surface area (Å²) in [5, 5.41) is 1.78. The lowest BCUT2D eigenvalue weighted by Gasteiger charge is -2.26. The fourth-order valence-corrected chi connectivity index (χ4v) is 5.32. The first-order valence-corrected chi connectivity index (χ1v) is 9.90. The Balaban J connectivity index is 1.63. The van der Waals surface area contributed by atoms with Crippen LogP contribution in [0, 0.1) is 0 Å². The summed E-state index contributed by atoms with van der Waals surface area (Å²) in [4.78, 5) is 9.04. The SMILES string of the molecule is O=S(=O)(c1cccs1)N1CCc2nc(-c3ccccc3)ncc2C1. The van der Waals surface area contributed by atoms with Crippen molar-refractivity contribution in [3.63, 3.8) is 0 Å². The summed E-state index contributed by atoms with van der Waals surface area (Å²) in [5.41, 5.74) is 2.77. The molecule has 0 amide bonds. The smallest absolute Gasteiger partial charge is 0.236 e. The van der Waals surface area contributed by atoms with Crippen molar-refractivity contribution < 1.29 is 8.42 Å². The van der Waals surface area contributed by atoms with Gasteiger partial charge in [-0.2, -0.15) is 4.31 Å². The molecular formula is C17H15N3O2S2. The molecule has 5 nitrogen and oxygen atoms in total. The van der Waals surface area contributed by atoms with E-state index in [-0.39, 0.29) is 0 Å². The maximum atomic E-state index is 12.6. The van der Waals surface area contributed by atoms with Crippen LogP contribution in [0.1, 0.15) is 11.3 Å². The van der Waals surface area contributed by atoms with E-state index in [2.05, 4.69) is 9.97 Å². The Kier molecular flexibility index (Phi) is 3.91. The summed E-state index contributed by atoms with van der Waals surface area (Å²) in [7, 11) is -3.43. The Labute approximate surface area is 144 Å². The van der Waals surface area contributed by atoms with Crippen molar-refractivity contribution in [2.75, 3.05) is 6.54 Å². The van der Waals surface area contributed by atoms with E-state index >= 15 is 0 Å². The maximum absolute atomic E-state index is 12.6. The molecule has 0 fully saturated rings. The van der Waals surface area contributed by atoms with Gasteiger partial charge in [-0.25, -0.2) is 18.4 Å². The van der Waals surface area contributed by atoms with Crippen molar-refractivity contribution in [3.05, 3.63) is 65.3 Å². The number of aromatic nitrogens is 2. The highest BCUT2D eigenvalue weighted by atomic mass is 32.2. The topological polar surface area (TPSA) is 63.2 Å². The van der Waals surface area contributed by atoms with Crippen molar-refractivity contribution >= 4 is 21.4 Å². The van der Waals surface area contributed by atoms with Crippen molar-refractivity contribution in [3.8, 4) is 11.4 Å². The van der Waals surface area contributed by atoms with E-state index in [9.17, 15) is 8.42 Å². The van der Waals surface area contributed by atoms with Crippen LogP contribution in [-0.2, 0) is 23.0 Å². The Morgan fingerprint density at radius 2 is 1.92 bits per heavy atom. The minimum Gasteiger partial charge on any atom is -0.236 e. The maximum Gasteiger partial charge on any atom is 0.252 e. The lowest BCUT2D eigenvalue weighted by Crippen LogP contribution is -2.36. The van der Waals surface area contributed by atoms with Gasteiger partial charge in [-0.3, -0.25) is 0 Å². The molecule has 3 heterocycles. The molecule has 0 N–H and O–H groups in total. The van der Waals surface area contributed by atoms with Crippen LogP contribution in [0.2, 0.25) is 0 Å². The lowest BCUT2D eigenvalue weighted by atomic mass is 10.1. The lowest BCUT2D eigenvalue weighted by molar-refractivity contribution is 0.388. The fraction of sp³-hybridized carbons (Fsp3) is 0.176. The molecular weight excluding hydrogens is 342 g/mol. The first-order valence-electron chi connectivity index (χ1n) is 7.58. The number of nitrogens with zero attached hydrogens (tertiary/aromatic N) is 3. The van der Waals surface area contributed by atoms with E-state index in [0.29, 0.717) is 29.5 Å². The zero-order chi connectivity index (χ0) is 16.6. The van der Waals surface area contributed by atoms with Crippen molar-refractivity contribution in [1.82, 2.24) is 14.3 Å². The van der Waals surface area contributed by atoms with Gasteiger partial charge in [-0.15, -0.1) is 11.3 Å². The molecule has 0 aliphatic carbocycles. The highest BCUT2D eigenvalue weighted by Crippen LogP contribution is 2.27. The number of hydrogen-bond donors (Lipinski definition) is 0. The Hall–Kier alpha value is -2.09. The summed E-state index contributed by atoms with van der Waals surface area (Å²) in [6, 6.07) is 13.2. The third-order valence-corrected chi connectivity index (χ3v) is 7.24. The fourth-order valence-electron chi connectivity index (χ4n) is 2.76. The number of rotatable bonds is 3. The monoisotopic (exact) mass is 357 g/mol. The highest BCUT2D eigenvalue weighted by Gasteiger charge is 2.29. The molecule has 2 aromatic heterocycles. The standard InChI is InChI=1S/C17H15N3O2S2/c21-24(22,16-7-4-10-23-16)20-9-8-15-14(12-20)11-18-17(19-15)13-5-2-1-3-6-13/h1-7,10-11H,8-9,12H2. The molecule has 0 unspecified atom stereocenters. The third kappa shape index (κ3) is 2.75. The van der Waals surface area contributed by atoms with E-state index in [4.69, 9.17) is 0 Å². The highest BCUT2D eigenvalue weighted by molar-refractivity contribution is 7.91. The van der Waals surface area contributed by atoms with E-state index < -0.39 is 10.0 Å². The van der Waals surface area contributed by atoms with Crippen LogP contribution in [0.3, 0.4) is 0 Å². The number of fused-ring (bicyclic) bond motifs is 1. The number of benzene rings is 1. The molecule has 122 valence electrons.